The largest absolute Gasteiger partial charge is 0.284 e. The van der Waals surface area contributed by atoms with Crippen LogP contribution in [0, 0.1) is 0 Å². The highest BCUT2D eigenvalue weighted by Gasteiger charge is 2.21. The number of hydrogen-bond acceptors (Lipinski definition) is 4. The smallest absolute Gasteiger partial charge is 0.264 e. The molecule has 6 nitrogen and oxygen atoms in total. The molecule has 0 unspecified atom stereocenters. The van der Waals surface area contributed by atoms with Crippen molar-refractivity contribution in [2.24, 2.45) is 0 Å². The fourth-order valence-corrected chi connectivity index (χ4v) is 4.90. The quantitative estimate of drug-likeness (QED) is 0.671. The van der Waals surface area contributed by atoms with Gasteiger partial charge in [0.2, 0.25) is 10.0 Å². The monoisotopic (exact) mass is 410 g/mol. The number of nitrogens with one attached hydrogen (secondary N) is 2. The zero-order valence-corrected chi connectivity index (χ0v) is 16.0. The van der Waals surface area contributed by atoms with Crippen LogP contribution in [-0.4, -0.2) is 23.1 Å². The van der Waals surface area contributed by atoms with Crippen molar-refractivity contribution in [2.45, 2.75) is 4.90 Å². The lowest BCUT2D eigenvalue weighted by molar-refractivity contribution is 0.601. The van der Waals surface area contributed by atoms with Crippen LogP contribution >= 0.6 is 11.6 Å². The molecule has 0 fully saturated rings. The van der Waals surface area contributed by atoms with Gasteiger partial charge in [0.05, 0.1) is 11.3 Å². The second kappa shape index (κ2) is 6.79. The molecule has 0 aromatic heterocycles. The fraction of sp³-hybridized carbons (Fsp3) is 0.0588. The molecule has 0 aliphatic rings. The summed E-state index contributed by atoms with van der Waals surface area (Å²) >= 11 is 6.16. The molecular weight excluding hydrogens is 396 g/mol. The molecule has 0 spiro atoms. The maximum atomic E-state index is 12.8. The van der Waals surface area contributed by atoms with E-state index in [0.29, 0.717) is 11.1 Å². The molecule has 0 aliphatic heterocycles. The third kappa shape index (κ3) is 4.09. The average molecular weight is 411 g/mol. The van der Waals surface area contributed by atoms with Gasteiger partial charge in [-0.1, -0.05) is 41.9 Å². The first-order valence-electron chi connectivity index (χ1n) is 7.44. The molecule has 0 saturated carbocycles. The SMILES string of the molecule is CS(=O)(=O)Nc1ccc(NS(=O)(=O)c2c(Cl)ccc3ccccc23)cc1. The fourth-order valence-electron chi connectivity index (χ4n) is 2.52. The van der Waals surface area contributed by atoms with Gasteiger partial charge < -0.3 is 0 Å². The Balaban J connectivity index is 1.96. The average Bonchev–Trinajstić information content (AvgIpc) is 2.54. The van der Waals surface area contributed by atoms with Gasteiger partial charge >= 0.3 is 0 Å². The summed E-state index contributed by atoms with van der Waals surface area (Å²) in [6.45, 7) is 0. The Morgan fingerprint density at radius 3 is 1.96 bits per heavy atom. The van der Waals surface area contributed by atoms with Gasteiger partial charge in [-0.2, -0.15) is 0 Å². The van der Waals surface area contributed by atoms with Crippen molar-refractivity contribution in [1.29, 1.82) is 0 Å². The molecule has 0 bridgehead atoms. The first kappa shape index (κ1) is 18.5. The minimum Gasteiger partial charge on any atom is -0.284 e. The summed E-state index contributed by atoms with van der Waals surface area (Å²) < 4.78 is 52.9. The molecule has 3 aromatic rings. The van der Waals surface area contributed by atoms with Gasteiger partial charge in [0.1, 0.15) is 4.90 Å². The van der Waals surface area contributed by atoms with E-state index in [1.165, 1.54) is 30.3 Å². The van der Waals surface area contributed by atoms with Crippen molar-refractivity contribution >= 4 is 53.8 Å². The van der Waals surface area contributed by atoms with Crippen LogP contribution in [0.1, 0.15) is 0 Å². The maximum absolute atomic E-state index is 12.8. The molecule has 26 heavy (non-hydrogen) atoms. The van der Waals surface area contributed by atoms with E-state index < -0.39 is 20.0 Å². The molecular formula is C17H15ClN2O4S2. The van der Waals surface area contributed by atoms with Gasteiger partial charge in [-0.05, 0) is 35.7 Å². The van der Waals surface area contributed by atoms with Crippen LogP contribution in [0.5, 0.6) is 0 Å². The van der Waals surface area contributed by atoms with Crippen LogP contribution in [0.2, 0.25) is 5.02 Å². The summed E-state index contributed by atoms with van der Waals surface area (Å²) in [5.41, 5.74) is 0.617. The van der Waals surface area contributed by atoms with Gasteiger partial charge in [0.25, 0.3) is 10.0 Å². The second-order valence-electron chi connectivity index (χ2n) is 5.65. The second-order valence-corrected chi connectivity index (χ2v) is 9.43. The Morgan fingerprint density at radius 1 is 0.769 bits per heavy atom. The predicted molar refractivity (Wildman–Crippen MR) is 105 cm³/mol. The van der Waals surface area contributed by atoms with Crippen molar-refractivity contribution in [1.82, 2.24) is 0 Å². The van der Waals surface area contributed by atoms with Crippen LogP contribution < -0.4 is 9.44 Å². The number of hydrogen-bond donors (Lipinski definition) is 2. The molecule has 136 valence electrons. The van der Waals surface area contributed by atoms with Crippen molar-refractivity contribution in [2.75, 3.05) is 15.7 Å². The van der Waals surface area contributed by atoms with Gasteiger partial charge in [0.15, 0.2) is 0 Å². The van der Waals surface area contributed by atoms with E-state index in [0.717, 1.165) is 11.6 Å². The van der Waals surface area contributed by atoms with E-state index >= 15 is 0 Å². The number of rotatable bonds is 5. The number of sulfonamides is 2. The van der Waals surface area contributed by atoms with Crippen molar-refractivity contribution in [3.63, 3.8) is 0 Å². The normalized spacial score (nSPS) is 12.1. The summed E-state index contributed by atoms with van der Waals surface area (Å²) in [6.07, 6.45) is 1.03. The Morgan fingerprint density at radius 2 is 1.35 bits per heavy atom. The Hall–Kier alpha value is -2.29. The molecule has 0 atom stereocenters. The van der Waals surface area contributed by atoms with E-state index in [9.17, 15) is 16.8 Å². The zero-order valence-electron chi connectivity index (χ0n) is 13.6. The molecule has 9 heteroatoms. The first-order valence-corrected chi connectivity index (χ1v) is 11.2. The minimum absolute atomic E-state index is 0.00407. The standard InChI is InChI=1S/C17H15ClN2O4S2/c1-25(21,22)19-13-7-9-14(10-8-13)20-26(23,24)17-15-5-3-2-4-12(15)6-11-16(17)18/h2-11,19-20H,1H3. The maximum Gasteiger partial charge on any atom is 0.264 e. The lowest BCUT2D eigenvalue weighted by Gasteiger charge is -2.13. The summed E-state index contributed by atoms with van der Waals surface area (Å²) in [5.74, 6) is 0. The number of anilines is 2. The third-order valence-electron chi connectivity index (χ3n) is 3.54. The summed E-state index contributed by atoms with van der Waals surface area (Å²) in [6, 6.07) is 16.2. The Bertz CT molecular complexity index is 1180. The number of benzene rings is 3. The highest BCUT2D eigenvalue weighted by molar-refractivity contribution is 7.93. The molecule has 3 rings (SSSR count). The van der Waals surface area contributed by atoms with Gasteiger partial charge in [0, 0.05) is 16.8 Å². The van der Waals surface area contributed by atoms with Gasteiger partial charge in [-0.15, -0.1) is 0 Å². The van der Waals surface area contributed by atoms with Crippen molar-refractivity contribution in [3.8, 4) is 0 Å². The zero-order chi connectivity index (χ0) is 18.9. The molecule has 0 radical (unpaired) electrons. The van der Waals surface area contributed by atoms with Crippen molar-refractivity contribution in [3.05, 3.63) is 65.7 Å². The first-order chi connectivity index (χ1) is 12.2. The Labute approximate surface area is 156 Å². The van der Waals surface area contributed by atoms with Crippen LogP contribution in [0.3, 0.4) is 0 Å². The number of fused-ring (bicyclic) bond motifs is 1. The lowest BCUT2D eigenvalue weighted by Crippen LogP contribution is -2.14. The van der Waals surface area contributed by atoms with E-state index in [2.05, 4.69) is 9.44 Å². The molecule has 3 aromatic carbocycles. The predicted octanol–water partition coefficient (Wildman–Crippen LogP) is 3.67. The topological polar surface area (TPSA) is 92.3 Å². The summed E-state index contributed by atoms with van der Waals surface area (Å²) in [5, 5.41) is 1.39. The van der Waals surface area contributed by atoms with Gasteiger partial charge in [-0.25, -0.2) is 16.8 Å². The van der Waals surface area contributed by atoms with Crippen LogP contribution in [0.25, 0.3) is 10.8 Å². The van der Waals surface area contributed by atoms with Crippen LogP contribution in [-0.2, 0) is 20.0 Å². The molecule has 0 amide bonds. The van der Waals surface area contributed by atoms with E-state index in [1.807, 2.05) is 6.07 Å². The summed E-state index contributed by atoms with van der Waals surface area (Å²) in [7, 11) is -7.34. The van der Waals surface area contributed by atoms with Crippen molar-refractivity contribution < 1.29 is 16.8 Å². The van der Waals surface area contributed by atoms with Crippen LogP contribution in [0.15, 0.2) is 65.6 Å². The molecule has 0 heterocycles. The lowest BCUT2D eigenvalue weighted by atomic mass is 10.1. The highest BCUT2D eigenvalue weighted by atomic mass is 35.5. The van der Waals surface area contributed by atoms with E-state index in [-0.39, 0.29) is 15.6 Å². The molecule has 2 N–H and O–H groups in total. The molecule has 0 aliphatic carbocycles. The van der Waals surface area contributed by atoms with Gasteiger partial charge in [-0.3, -0.25) is 9.44 Å². The van der Waals surface area contributed by atoms with E-state index in [1.54, 1.807) is 24.3 Å². The molecule has 0 saturated heterocycles. The highest BCUT2D eigenvalue weighted by Crippen LogP contribution is 2.31. The van der Waals surface area contributed by atoms with Crippen LogP contribution in [0.4, 0.5) is 11.4 Å². The number of halogens is 1. The summed E-state index contributed by atoms with van der Waals surface area (Å²) in [4.78, 5) is -0.00407. The minimum atomic E-state index is -3.94. The van der Waals surface area contributed by atoms with E-state index in [4.69, 9.17) is 11.6 Å². The Kier molecular flexibility index (Phi) is 4.83. The third-order valence-corrected chi connectivity index (χ3v) is 6.06.